The molecule has 2 aliphatic carbocycles. The standard InChI is InChI=1S/C21H21F2N5O3.C21H22FN5O2.C2H6/c22-15-7-8-16(19(18(15)23)31-12-3-1-2-4-12)26-21(29)14-10-30-17-9-11(5-6-13(14)17)20(27-24)28-25;22-18-10-14(6-8-15(18)12-3-1-2-4-12)25-21(28)17-11-29-19-9-13(5-7-16(17)19)20(26-23)27-24;1-2/h5-10,12H,1-4,24-25H2,(H,26,29)(H,27,28);5-12H,1-4,23-24H2,(H,25,28)(H,26,27);1-2H3. The number of halogens is 3. The molecule has 62 heavy (non-hydrogen) atoms. The Labute approximate surface area is 355 Å². The first-order chi connectivity index (χ1) is 30.1. The van der Waals surface area contributed by atoms with Crippen LogP contribution in [0.3, 0.4) is 0 Å². The fraction of sp³-hybridized carbons (Fsp3) is 0.273. The number of furan rings is 2. The minimum Gasteiger partial charge on any atom is -0.485 e. The third kappa shape index (κ3) is 9.77. The van der Waals surface area contributed by atoms with Gasteiger partial charge in [-0.15, -0.1) is 0 Å². The number of hydrogen-bond acceptors (Lipinski definition) is 11. The lowest BCUT2D eigenvalue weighted by Gasteiger charge is -2.17. The Hall–Kier alpha value is -7.05. The van der Waals surface area contributed by atoms with E-state index in [4.69, 9.17) is 36.9 Å². The summed E-state index contributed by atoms with van der Waals surface area (Å²) < 4.78 is 59.4. The van der Waals surface area contributed by atoms with Crippen molar-refractivity contribution in [3.63, 3.8) is 0 Å². The summed E-state index contributed by atoms with van der Waals surface area (Å²) in [4.78, 5) is 25.6. The average Bonchev–Trinajstić information content (AvgIpc) is 4.14. The highest BCUT2D eigenvalue weighted by Crippen LogP contribution is 2.37. The number of fused-ring (bicyclic) bond motifs is 2. The zero-order valence-electron chi connectivity index (χ0n) is 34.2. The lowest BCUT2D eigenvalue weighted by atomic mass is 9.97. The van der Waals surface area contributed by atoms with Crippen molar-refractivity contribution in [1.82, 2.24) is 10.9 Å². The highest BCUT2D eigenvalue weighted by atomic mass is 19.2. The van der Waals surface area contributed by atoms with Crippen LogP contribution in [0.25, 0.3) is 21.9 Å². The summed E-state index contributed by atoms with van der Waals surface area (Å²) in [7, 11) is 0. The first kappa shape index (κ1) is 44.5. The van der Waals surface area contributed by atoms with Crippen molar-refractivity contribution in [3.8, 4) is 5.75 Å². The SMILES string of the molecule is CC.N/N=C(\NN)c1ccc2c(C(=O)Nc3ccc(C4CCCC4)c(F)c3)coc2c1.N/N=C(\NN)c1ccc2c(C(=O)Nc3ccc(F)c(F)c3OC3CCCC3)coc2c1. The molecule has 4 aromatic carbocycles. The van der Waals surface area contributed by atoms with Gasteiger partial charge in [0, 0.05) is 27.6 Å². The number of ether oxygens (including phenoxy) is 1. The Kier molecular flexibility index (Phi) is 14.7. The zero-order valence-corrected chi connectivity index (χ0v) is 34.2. The van der Waals surface area contributed by atoms with Crippen LogP contribution in [0.4, 0.5) is 24.5 Å². The molecule has 0 saturated heterocycles. The Morgan fingerprint density at radius 2 is 1.21 bits per heavy atom. The molecular weight excluding hydrogens is 806 g/mol. The van der Waals surface area contributed by atoms with E-state index in [-0.39, 0.29) is 52.4 Å². The maximum atomic E-state index is 14.5. The van der Waals surface area contributed by atoms with Crippen LogP contribution in [0.2, 0.25) is 0 Å². The minimum atomic E-state index is -1.13. The van der Waals surface area contributed by atoms with Gasteiger partial charge in [-0.2, -0.15) is 14.6 Å². The monoisotopic (exact) mass is 854 g/mol. The maximum absolute atomic E-state index is 14.5. The second kappa shape index (κ2) is 20.5. The molecule has 0 unspecified atom stereocenters. The van der Waals surface area contributed by atoms with E-state index in [1.807, 2.05) is 13.8 Å². The van der Waals surface area contributed by atoms with Crippen molar-refractivity contribution in [3.05, 3.63) is 125 Å². The largest absolute Gasteiger partial charge is 0.485 e. The highest BCUT2D eigenvalue weighted by Gasteiger charge is 2.25. The average molecular weight is 855 g/mol. The lowest BCUT2D eigenvalue weighted by Crippen LogP contribution is -2.31. The molecule has 326 valence electrons. The highest BCUT2D eigenvalue weighted by molar-refractivity contribution is 6.14. The Bertz CT molecular complexity index is 2600. The van der Waals surface area contributed by atoms with Gasteiger partial charge in [0.25, 0.3) is 11.8 Å². The summed E-state index contributed by atoms with van der Waals surface area (Å²) in [6.45, 7) is 4.00. The maximum Gasteiger partial charge on any atom is 0.259 e. The van der Waals surface area contributed by atoms with E-state index < -0.39 is 17.5 Å². The van der Waals surface area contributed by atoms with E-state index in [1.54, 1.807) is 48.5 Å². The van der Waals surface area contributed by atoms with E-state index in [0.29, 0.717) is 44.3 Å². The van der Waals surface area contributed by atoms with E-state index in [2.05, 4.69) is 31.7 Å². The van der Waals surface area contributed by atoms with Gasteiger partial charge in [-0.3, -0.25) is 9.59 Å². The van der Waals surface area contributed by atoms with Crippen molar-refractivity contribution in [2.45, 2.75) is 77.2 Å². The Morgan fingerprint density at radius 1 is 0.677 bits per heavy atom. The molecule has 2 saturated carbocycles. The number of amidine groups is 2. The minimum absolute atomic E-state index is 0.0478. The summed E-state index contributed by atoms with van der Waals surface area (Å²) in [5.41, 5.74) is 8.56. The van der Waals surface area contributed by atoms with Gasteiger partial charge in [0.05, 0.1) is 22.9 Å². The molecule has 0 spiro atoms. The third-order valence-corrected chi connectivity index (χ3v) is 10.7. The van der Waals surface area contributed by atoms with Crippen LogP contribution in [-0.4, -0.2) is 29.6 Å². The van der Waals surface area contributed by atoms with Crippen LogP contribution in [0.5, 0.6) is 5.75 Å². The molecule has 0 aliphatic heterocycles. The molecule has 0 bridgehead atoms. The summed E-state index contributed by atoms with van der Waals surface area (Å²) >= 11 is 0. The summed E-state index contributed by atoms with van der Waals surface area (Å²) in [6.07, 6.45) is 10.2. The van der Waals surface area contributed by atoms with Crippen molar-refractivity contribution in [2.75, 3.05) is 10.6 Å². The van der Waals surface area contributed by atoms with E-state index in [9.17, 15) is 22.8 Å². The lowest BCUT2D eigenvalue weighted by molar-refractivity contribution is 0.101. The Morgan fingerprint density at radius 3 is 1.73 bits per heavy atom. The predicted molar refractivity (Wildman–Crippen MR) is 233 cm³/mol. The van der Waals surface area contributed by atoms with Crippen LogP contribution in [0, 0.1) is 17.5 Å². The first-order valence-corrected chi connectivity index (χ1v) is 20.2. The van der Waals surface area contributed by atoms with Gasteiger partial charge in [0.1, 0.15) is 29.5 Å². The van der Waals surface area contributed by atoms with Crippen LogP contribution in [-0.2, 0) is 0 Å². The fourth-order valence-electron chi connectivity index (χ4n) is 7.57. The number of benzene rings is 4. The number of amides is 2. The molecule has 2 aliphatic rings. The molecule has 2 fully saturated rings. The number of carbonyl (C=O) groups excluding carboxylic acids is 2. The molecule has 15 nitrogen and oxygen atoms in total. The molecule has 2 heterocycles. The van der Waals surface area contributed by atoms with Gasteiger partial charge in [-0.05, 0) is 98.5 Å². The first-order valence-electron chi connectivity index (χ1n) is 20.2. The summed E-state index contributed by atoms with van der Waals surface area (Å²) in [5.74, 6) is 18.4. The number of nitrogens with one attached hydrogen (secondary N) is 4. The molecule has 0 atom stereocenters. The van der Waals surface area contributed by atoms with Gasteiger partial charge in [0.2, 0.25) is 5.82 Å². The summed E-state index contributed by atoms with van der Waals surface area (Å²) in [6, 6.07) is 17.1. The second-order valence-corrected chi connectivity index (χ2v) is 14.4. The fourth-order valence-corrected chi connectivity index (χ4v) is 7.57. The van der Waals surface area contributed by atoms with E-state index in [0.717, 1.165) is 63.0 Å². The molecule has 18 heteroatoms. The molecule has 6 aromatic rings. The predicted octanol–water partition coefficient (Wildman–Crippen LogP) is 7.96. The normalized spacial score (nSPS) is 14.5. The second-order valence-electron chi connectivity index (χ2n) is 14.4. The number of hydrazine groups is 2. The number of rotatable bonds is 9. The number of carbonyl (C=O) groups is 2. The van der Waals surface area contributed by atoms with Crippen LogP contribution in [0.1, 0.15) is 109 Å². The Balaban J connectivity index is 0.000000199. The van der Waals surface area contributed by atoms with Gasteiger partial charge in [0.15, 0.2) is 23.2 Å². The number of anilines is 2. The van der Waals surface area contributed by atoms with Crippen molar-refractivity contribution < 1.29 is 36.3 Å². The van der Waals surface area contributed by atoms with Crippen molar-refractivity contribution >= 4 is 56.8 Å². The zero-order chi connectivity index (χ0) is 44.3. The van der Waals surface area contributed by atoms with Crippen LogP contribution < -0.4 is 49.6 Å². The summed E-state index contributed by atoms with van der Waals surface area (Å²) in [5, 5.41) is 13.5. The quantitative estimate of drug-likeness (QED) is 0.0300. The van der Waals surface area contributed by atoms with Gasteiger partial charge in [-0.1, -0.05) is 44.9 Å². The van der Waals surface area contributed by atoms with Crippen LogP contribution >= 0.6 is 0 Å². The molecule has 12 N–H and O–H groups in total. The van der Waals surface area contributed by atoms with Crippen molar-refractivity contribution in [1.29, 1.82) is 0 Å². The molecule has 2 aromatic heterocycles. The third-order valence-electron chi connectivity index (χ3n) is 10.7. The van der Waals surface area contributed by atoms with Gasteiger partial charge < -0.3 is 46.7 Å². The molecule has 8 rings (SSSR count). The molecule has 0 radical (unpaired) electrons. The molecular formula is C44H49F3N10O5. The van der Waals surface area contributed by atoms with Crippen molar-refractivity contribution in [2.24, 2.45) is 33.6 Å². The smallest absolute Gasteiger partial charge is 0.259 e. The number of hydrogen-bond donors (Lipinski definition) is 8. The number of hydrazone groups is 2. The van der Waals surface area contributed by atoms with Gasteiger partial charge in [-0.25, -0.2) is 20.5 Å². The van der Waals surface area contributed by atoms with E-state index in [1.165, 1.54) is 24.7 Å². The number of nitrogens with two attached hydrogens (primary N) is 4. The molecule has 2 amide bonds. The number of nitrogens with zero attached hydrogens (tertiary/aromatic N) is 2. The van der Waals surface area contributed by atoms with Gasteiger partial charge >= 0.3 is 0 Å². The van der Waals surface area contributed by atoms with E-state index >= 15 is 0 Å². The van der Waals surface area contributed by atoms with Crippen LogP contribution in [0.15, 0.2) is 98.3 Å². The topological polar surface area (TPSA) is 247 Å².